The molecule has 160 valence electrons. The lowest BCUT2D eigenvalue weighted by Gasteiger charge is -2.11. The molecule has 2 rings (SSSR count). The van der Waals surface area contributed by atoms with Crippen molar-refractivity contribution in [2.75, 3.05) is 18.9 Å². The largest absolute Gasteiger partial charge is 0.357 e. The second-order valence-corrected chi connectivity index (χ2v) is 7.39. The summed E-state index contributed by atoms with van der Waals surface area (Å²) < 4.78 is 1.31. The van der Waals surface area contributed by atoms with E-state index < -0.39 is 0 Å². The maximum atomic E-state index is 12.5. The number of nitrogens with zero attached hydrogens (tertiary/aromatic N) is 3. The average molecular weight is 426 g/mol. The van der Waals surface area contributed by atoms with Crippen molar-refractivity contribution < 1.29 is 0 Å². The molecule has 0 radical (unpaired) electrons. The van der Waals surface area contributed by atoms with Gasteiger partial charge in [0.05, 0.1) is 16.3 Å². The Balaban J connectivity index is 0.00000141. The van der Waals surface area contributed by atoms with Gasteiger partial charge in [-0.05, 0) is 38.1 Å². The standard InChI is InChI=1S/C20H27N5OS.C3H4/c1-5-6-7-9-15(2)13-22-14-17-12-19(26)25(20(21-4)23-17)24-16(3)18-10-8-11-27-18;1-3-2/h5-12,15,22H,13-14H2,1-4H3,(H,21,23);1H,2H3/b6-5-,9-7-,24-16+;. The van der Waals surface area contributed by atoms with Gasteiger partial charge in [-0.3, -0.25) is 4.79 Å². The van der Waals surface area contributed by atoms with Crippen molar-refractivity contribution in [2.45, 2.75) is 34.2 Å². The third-order valence-corrected chi connectivity index (χ3v) is 4.79. The van der Waals surface area contributed by atoms with Crippen LogP contribution in [0.25, 0.3) is 0 Å². The molecule has 2 aromatic heterocycles. The van der Waals surface area contributed by atoms with Crippen molar-refractivity contribution >= 4 is 23.0 Å². The zero-order valence-corrected chi connectivity index (χ0v) is 19.2. The second-order valence-electron chi connectivity index (χ2n) is 6.44. The summed E-state index contributed by atoms with van der Waals surface area (Å²) in [7, 11) is 1.74. The van der Waals surface area contributed by atoms with E-state index in [1.165, 1.54) is 10.7 Å². The van der Waals surface area contributed by atoms with Crippen LogP contribution in [0.3, 0.4) is 0 Å². The van der Waals surface area contributed by atoms with Gasteiger partial charge < -0.3 is 10.6 Å². The Morgan fingerprint density at radius 1 is 1.47 bits per heavy atom. The van der Waals surface area contributed by atoms with Crippen LogP contribution >= 0.6 is 11.3 Å². The summed E-state index contributed by atoms with van der Waals surface area (Å²) in [6, 6.07) is 5.47. The molecule has 0 aromatic carbocycles. The van der Waals surface area contributed by atoms with Crippen LogP contribution in [0.2, 0.25) is 0 Å². The first-order valence-corrected chi connectivity index (χ1v) is 10.6. The topological polar surface area (TPSA) is 71.3 Å². The number of anilines is 1. The molecule has 1 unspecified atom stereocenters. The Hall–Kier alpha value is -2.95. The molecule has 30 heavy (non-hydrogen) atoms. The monoisotopic (exact) mass is 425 g/mol. The fraction of sp³-hybridized carbons (Fsp3) is 0.348. The number of allylic oxidation sites excluding steroid dienone is 3. The van der Waals surface area contributed by atoms with Crippen molar-refractivity contribution in [1.29, 1.82) is 0 Å². The van der Waals surface area contributed by atoms with Gasteiger partial charge in [0.1, 0.15) is 0 Å². The van der Waals surface area contributed by atoms with Crippen LogP contribution in [-0.2, 0) is 6.54 Å². The van der Waals surface area contributed by atoms with E-state index in [9.17, 15) is 4.79 Å². The van der Waals surface area contributed by atoms with Crippen LogP contribution < -0.4 is 16.2 Å². The molecule has 0 bridgehead atoms. The van der Waals surface area contributed by atoms with Gasteiger partial charge in [0.25, 0.3) is 5.56 Å². The summed E-state index contributed by atoms with van der Waals surface area (Å²) >= 11 is 1.59. The average Bonchev–Trinajstić information content (AvgIpc) is 3.25. The van der Waals surface area contributed by atoms with E-state index in [0.717, 1.165) is 17.1 Å². The lowest BCUT2D eigenvalue weighted by Crippen LogP contribution is -2.26. The van der Waals surface area contributed by atoms with E-state index in [1.54, 1.807) is 25.3 Å². The zero-order chi connectivity index (χ0) is 22.4. The molecule has 0 saturated carbocycles. The Morgan fingerprint density at radius 3 is 2.80 bits per heavy atom. The summed E-state index contributed by atoms with van der Waals surface area (Å²) in [6.07, 6.45) is 12.8. The third-order valence-electron chi connectivity index (χ3n) is 3.82. The van der Waals surface area contributed by atoms with Gasteiger partial charge in [-0.2, -0.15) is 9.78 Å². The fourth-order valence-electron chi connectivity index (χ4n) is 2.42. The third kappa shape index (κ3) is 8.60. The molecule has 6 nitrogen and oxygen atoms in total. The Labute approximate surface area is 183 Å². The smallest absolute Gasteiger partial charge is 0.275 e. The van der Waals surface area contributed by atoms with E-state index in [1.807, 2.05) is 49.6 Å². The highest BCUT2D eigenvalue weighted by molar-refractivity contribution is 7.12. The molecule has 2 N–H and O–H groups in total. The SMILES string of the molecule is C#CC.C/C=C\C=C/C(C)CNCc1cc(=O)n(/N=C(\C)c2cccs2)c(NC)n1. The highest BCUT2D eigenvalue weighted by atomic mass is 32.1. The van der Waals surface area contributed by atoms with Gasteiger partial charge >= 0.3 is 0 Å². The first-order valence-electron chi connectivity index (χ1n) is 9.74. The van der Waals surface area contributed by atoms with Crippen LogP contribution in [-0.4, -0.2) is 29.0 Å². The number of thiophene rings is 1. The summed E-state index contributed by atoms with van der Waals surface area (Å²) in [4.78, 5) is 18.1. The lowest BCUT2D eigenvalue weighted by atomic mass is 10.1. The molecule has 2 heterocycles. The maximum absolute atomic E-state index is 12.5. The highest BCUT2D eigenvalue weighted by Gasteiger charge is 2.09. The molecular formula is C23H31N5OS. The van der Waals surface area contributed by atoms with Gasteiger partial charge in [-0.1, -0.05) is 37.3 Å². The molecule has 0 saturated heterocycles. The van der Waals surface area contributed by atoms with Gasteiger partial charge in [-0.15, -0.1) is 23.7 Å². The van der Waals surface area contributed by atoms with Crippen molar-refractivity contribution in [3.8, 4) is 12.3 Å². The molecule has 0 amide bonds. The van der Waals surface area contributed by atoms with Gasteiger partial charge in [0.2, 0.25) is 5.95 Å². The quantitative estimate of drug-likeness (QED) is 0.360. The maximum Gasteiger partial charge on any atom is 0.275 e. The Kier molecular flexibility index (Phi) is 11.8. The Bertz CT molecular complexity index is 949. The summed E-state index contributed by atoms with van der Waals surface area (Å²) in [6.45, 7) is 9.01. The van der Waals surface area contributed by atoms with Crippen LogP contribution in [0.15, 0.2) is 57.8 Å². The minimum absolute atomic E-state index is 0.205. The molecule has 1 atom stereocenters. The highest BCUT2D eigenvalue weighted by Crippen LogP contribution is 2.11. The molecule has 0 aliphatic rings. The molecular weight excluding hydrogens is 394 g/mol. The van der Waals surface area contributed by atoms with Crippen molar-refractivity contribution in [2.24, 2.45) is 11.0 Å². The second kappa shape index (κ2) is 14.1. The predicted molar refractivity (Wildman–Crippen MR) is 129 cm³/mol. The number of hydrogen-bond donors (Lipinski definition) is 2. The molecule has 0 fully saturated rings. The number of nitrogens with one attached hydrogen (secondary N) is 2. The molecule has 0 aliphatic heterocycles. The predicted octanol–water partition coefficient (Wildman–Crippen LogP) is 4.12. The van der Waals surface area contributed by atoms with Gasteiger partial charge in [-0.25, -0.2) is 4.98 Å². The number of aromatic nitrogens is 2. The number of hydrogen-bond acceptors (Lipinski definition) is 6. The first-order chi connectivity index (χ1) is 14.5. The van der Waals surface area contributed by atoms with Gasteiger partial charge in [0, 0.05) is 26.2 Å². The first kappa shape index (κ1) is 25.1. The van der Waals surface area contributed by atoms with Crippen molar-refractivity contribution in [3.05, 3.63) is 68.8 Å². The summed E-state index contributed by atoms with van der Waals surface area (Å²) in [5, 5.41) is 12.7. The summed E-state index contributed by atoms with van der Waals surface area (Å²) in [5.41, 5.74) is 1.26. The zero-order valence-electron chi connectivity index (χ0n) is 18.3. The minimum Gasteiger partial charge on any atom is -0.357 e. The van der Waals surface area contributed by atoms with E-state index in [0.29, 0.717) is 24.1 Å². The molecule has 0 spiro atoms. The van der Waals surface area contributed by atoms with Crippen LogP contribution in [0.4, 0.5) is 5.95 Å². The van der Waals surface area contributed by atoms with Crippen LogP contribution in [0.5, 0.6) is 0 Å². The number of rotatable bonds is 9. The van der Waals surface area contributed by atoms with E-state index in [-0.39, 0.29) is 5.56 Å². The number of terminal acetylenes is 1. The summed E-state index contributed by atoms with van der Waals surface area (Å²) in [5.74, 6) is 3.07. The minimum atomic E-state index is -0.205. The van der Waals surface area contributed by atoms with Gasteiger partial charge in [0.15, 0.2) is 0 Å². The normalized spacial score (nSPS) is 12.5. The van der Waals surface area contributed by atoms with Crippen LogP contribution in [0, 0.1) is 18.3 Å². The van der Waals surface area contributed by atoms with E-state index in [4.69, 9.17) is 0 Å². The Morgan fingerprint density at radius 2 is 2.20 bits per heavy atom. The van der Waals surface area contributed by atoms with Crippen molar-refractivity contribution in [3.63, 3.8) is 0 Å². The molecule has 2 aromatic rings. The van der Waals surface area contributed by atoms with E-state index in [2.05, 4.69) is 46.1 Å². The van der Waals surface area contributed by atoms with Crippen LogP contribution in [0.1, 0.15) is 38.3 Å². The van der Waals surface area contributed by atoms with E-state index >= 15 is 0 Å². The molecule has 0 aliphatic carbocycles. The molecule has 7 heteroatoms. The fourth-order valence-corrected chi connectivity index (χ4v) is 3.09. The lowest BCUT2D eigenvalue weighted by molar-refractivity contribution is 0.585. The van der Waals surface area contributed by atoms with Crippen molar-refractivity contribution in [1.82, 2.24) is 15.0 Å².